The molecule has 4 nitrogen and oxygen atoms in total. The highest BCUT2D eigenvalue weighted by atomic mass is 32.2. The van der Waals surface area contributed by atoms with Crippen LogP contribution in [-0.4, -0.2) is 38.7 Å². The summed E-state index contributed by atoms with van der Waals surface area (Å²) in [6, 6.07) is 17.9. The standard InChI is InChI=1S/C28H32O4S2/c29-24(20-26(31)22-10-4-1-5-11-22)14-18-33-28(16-8-3-9-17-28)34-19-15-25(30)21-27(32)23-12-6-2-7-13-23/h1-2,4-7,10-13H,3,8-9,14-21H2. The normalized spacial score (nSPS) is 14.9. The van der Waals surface area contributed by atoms with Crippen LogP contribution in [0.1, 0.15) is 78.5 Å². The molecular weight excluding hydrogens is 464 g/mol. The molecule has 0 saturated heterocycles. The molecule has 0 aromatic heterocycles. The lowest BCUT2D eigenvalue weighted by molar-refractivity contribution is -0.118. The molecule has 2 aromatic rings. The van der Waals surface area contributed by atoms with Crippen LogP contribution in [0.5, 0.6) is 0 Å². The van der Waals surface area contributed by atoms with Gasteiger partial charge < -0.3 is 0 Å². The van der Waals surface area contributed by atoms with Gasteiger partial charge in [-0.25, -0.2) is 0 Å². The lowest BCUT2D eigenvalue weighted by Gasteiger charge is -2.36. The molecule has 0 bridgehead atoms. The van der Waals surface area contributed by atoms with E-state index in [2.05, 4.69) is 0 Å². The molecule has 0 heterocycles. The Balaban J connectivity index is 1.42. The van der Waals surface area contributed by atoms with Gasteiger partial charge in [-0.2, -0.15) is 0 Å². The van der Waals surface area contributed by atoms with Crippen molar-refractivity contribution in [2.24, 2.45) is 0 Å². The molecule has 1 fully saturated rings. The van der Waals surface area contributed by atoms with Crippen molar-refractivity contribution in [3.8, 4) is 0 Å². The Morgan fingerprint density at radius 1 is 0.618 bits per heavy atom. The lowest BCUT2D eigenvalue weighted by atomic mass is 10.00. The first kappa shape index (κ1) is 26.4. The van der Waals surface area contributed by atoms with E-state index < -0.39 is 0 Å². The summed E-state index contributed by atoms with van der Waals surface area (Å²) in [4.78, 5) is 49.3. The largest absolute Gasteiger partial charge is 0.299 e. The quantitative estimate of drug-likeness (QED) is 0.167. The first-order chi connectivity index (χ1) is 16.5. The summed E-state index contributed by atoms with van der Waals surface area (Å²) in [6.07, 6.45) is 6.34. The molecule has 3 rings (SSSR count). The fourth-order valence-corrected chi connectivity index (χ4v) is 7.50. The van der Waals surface area contributed by atoms with Gasteiger partial charge >= 0.3 is 0 Å². The summed E-state index contributed by atoms with van der Waals surface area (Å²) in [7, 11) is 0. The third-order valence-electron chi connectivity index (χ3n) is 6.01. The highest BCUT2D eigenvalue weighted by molar-refractivity contribution is 8.18. The van der Waals surface area contributed by atoms with Gasteiger partial charge in [-0.1, -0.05) is 79.9 Å². The Bertz CT molecular complexity index is 893. The molecular formula is C28H32O4S2. The number of hydrogen-bond acceptors (Lipinski definition) is 6. The fourth-order valence-electron chi connectivity index (χ4n) is 4.11. The number of carbonyl (C=O) groups is 4. The maximum atomic E-state index is 12.4. The van der Waals surface area contributed by atoms with Crippen molar-refractivity contribution in [2.75, 3.05) is 11.5 Å². The number of hydrogen-bond donors (Lipinski definition) is 0. The van der Waals surface area contributed by atoms with Crippen LogP contribution >= 0.6 is 23.5 Å². The third-order valence-corrected chi connectivity index (χ3v) is 9.41. The zero-order chi connectivity index (χ0) is 24.2. The van der Waals surface area contributed by atoms with Gasteiger partial charge in [0.15, 0.2) is 11.6 Å². The average Bonchev–Trinajstić information content (AvgIpc) is 2.85. The highest BCUT2D eigenvalue weighted by Crippen LogP contribution is 2.48. The molecule has 6 heteroatoms. The SMILES string of the molecule is O=C(CCSC1(SCCC(=O)CC(=O)c2ccccc2)CCCCC1)CC(=O)c1ccccc1. The molecule has 0 N–H and O–H groups in total. The monoisotopic (exact) mass is 496 g/mol. The van der Waals surface area contributed by atoms with Crippen LogP contribution in [0.25, 0.3) is 0 Å². The van der Waals surface area contributed by atoms with Crippen LogP contribution < -0.4 is 0 Å². The van der Waals surface area contributed by atoms with Crippen LogP contribution in [0, 0.1) is 0 Å². The second-order valence-corrected chi connectivity index (χ2v) is 11.9. The second-order valence-electron chi connectivity index (χ2n) is 8.68. The molecule has 34 heavy (non-hydrogen) atoms. The summed E-state index contributed by atoms with van der Waals surface area (Å²) < 4.78 is 0.0195. The number of Topliss-reactive ketones (excluding diaryl/α,β-unsaturated/α-hetero) is 4. The molecule has 1 aliphatic carbocycles. The third kappa shape index (κ3) is 8.55. The van der Waals surface area contributed by atoms with Crippen LogP contribution in [0.15, 0.2) is 60.7 Å². The molecule has 1 aliphatic rings. The van der Waals surface area contributed by atoms with E-state index in [1.165, 1.54) is 6.42 Å². The first-order valence-electron chi connectivity index (χ1n) is 12.0. The predicted octanol–water partition coefficient (Wildman–Crippen LogP) is 6.58. The molecule has 0 aliphatic heterocycles. The second kappa shape index (κ2) is 13.6. The summed E-state index contributed by atoms with van der Waals surface area (Å²) in [5, 5.41) is 0. The van der Waals surface area contributed by atoms with E-state index in [-0.39, 0.29) is 40.1 Å². The molecule has 0 unspecified atom stereocenters. The van der Waals surface area contributed by atoms with Crippen molar-refractivity contribution in [1.82, 2.24) is 0 Å². The van der Waals surface area contributed by atoms with Crippen molar-refractivity contribution in [3.63, 3.8) is 0 Å². The van der Waals surface area contributed by atoms with Crippen LogP contribution in [0.2, 0.25) is 0 Å². The molecule has 0 spiro atoms. The van der Waals surface area contributed by atoms with Crippen LogP contribution in [0.4, 0.5) is 0 Å². The fraction of sp³-hybridized carbons (Fsp3) is 0.429. The van der Waals surface area contributed by atoms with Gasteiger partial charge in [0.05, 0.1) is 16.9 Å². The van der Waals surface area contributed by atoms with E-state index in [1.807, 2.05) is 35.7 Å². The molecule has 0 atom stereocenters. The Morgan fingerprint density at radius 2 is 1.03 bits per heavy atom. The minimum absolute atomic E-state index is 0.0195. The Morgan fingerprint density at radius 3 is 1.44 bits per heavy atom. The van der Waals surface area contributed by atoms with E-state index in [0.717, 1.165) is 25.7 Å². The van der Waals surface area contributed by atoms with Gasteiger partial charge in [0.25, 0.3) is 0 Å². The van der Waals surface area contributed by atoms with Gasteiger partial charge in [0, 0.05) is 35.5 Å². The molecule has 1 saturated carbocycles. The first-order valence-corrected chi connectivity index (χ1v) is 13.9. The summed E-state index contributed by atoms with van der Waals surface area (Å²) in [5.41, 5.74) is 1.16. The number of rotatable bonds is 14. The van der Waals surface area contributed by atoms with Crippen molar-refractivity contribution in [1.29, 1.82) is 0 Å². The van der Waals surface area contributed by atoms with Gasteiger partial charge in [0.2, 0.25) is 0 Å². The van der Waals surface area contributed by atoms with E-state index in [4.69, 9.17) is 0 Å². The number of thioether (sulfide) groups is 2. The van der Waals surface area contributed by atoms with Gasteiger partial charge in [0.1, 0.15) is 11.6 Å². The number of benzene rings is 2. The van der Waals surface area contributed by atoms with E-state index in [0.29, 0.717) is 35.5 Å². The van der Waals surface area contributed by atoms with Crippen molar-refractivity contribution < 1.29 is 19.2 Å². The molecule has 0 radical (unpaired) electrons. The Labute approximate surface area is 210 Å². The molecule has 180 valence electrons. The zero-order valence-corrected chi connectivity index (χ0v) is 21.1. The van der Waals surface area contributed by atoms with Crippen molar-refractivity contribution in [3.05, 3.63) is 71.8 Å². The Hall–Kier alpha value is -2.18. The Kier molecular flexibility index (Phi) is 10.6. The summed E-state index contributed by atoms with van der Waals surface area (Å²) >= 11 is 3.62. The van der Waals surface area contributed by atoms with E-state index in [1.54, 1.807) is 48.5 Å². The zero-order valence-electron chi connectivity index (χ0n) is 19.5. The average molecular weight is 497 g/mol. The van der Waals surface area contributed by atoms with Crippen molar-refractivity contribution in [2.45, 2.75) is 61.9 Å². The number of carbonyl (C=O) groups excluding carboxylic acids is 4. The summed E-state index contributed by atoms with van der Waals surface area (Å²) in [5.74, 6) is 1.09. The molecule has 2 aromatic carbocycles. The van der Waals surface area contributed by atoms with Crippen molar-refractivity contribution >= 4 is 46.7 Å². The van der Waals surface area contributed by atoms with Gasteiger partial charge in [-0.05, 0) is 12.8 Å². The van der Waals surface area contributed by atoms with E-state index >= 15 is 0 Å². The number of ketones is 4. The minimum Gasteiger partial charge on any atom is -0.299 e. The topological polar surface area (TPSA) is 68.3 Å². The molecule has 0 amide bonds. The predicted molar refractivity (Wildman–Crippen MR) is 141 cm³/mol. The smallest absolute Gasteiger partial charge is 0.170 e. The summed E-state index contributed by atoms with van der Waals surface area (Å²) in [6.45, 7) is 0. The highest BCUT2D eigenvalue weighted by Gasteiger charge is 2.33. The lowest BCUT2D eigenvalue weighted by Crippen LogP contribution is -2.26. The van der Waals surface area contributed by atoms with Gasteiger partial charge in [-0.15, -0.1) is 23.5 Å². The van der Waals surface area contributed by atoms with Crippen LogP contribution in [-0.2, 0) is 9.59 Å². The minimum atomic E-state index is -0.124. The van der Waals surface area contributed by atoms with Crippen LogP contribution in [0.3, 0.4) is 0 Å². The van der Waals surface area contributed by atoms with E-state index in [9.17, 15) is 19.2 Å². The maximum Gasteiger partial charge on any atom is 0.170 e. The van der Waals surface area contributed by atoms with Gasteiger partial charge in [-0.3, -0.25) is 19.2 Å². The maximum absolute atomic E-state index is 12.4.